The van der Waals surface area contributed by atoms with Crippen LogP contribution in [0.3, 0.4) is 0 Å². The van der Waals surface area contributed by atoms with Crippen molar-refractivity contribution in [1.29, 1.82) is 0 Å². The molecule has 3 aromatic rings. The number of carbonyl (C=O) groups is 1. The van der Waals surface area contributed by atoms with Gasteiger partial charge in [0.1, 0.15) is 12.1 Å². The molecular weight excluding hydrogens is 316 g/mol. The van der Waals surface area contributed by atoms with E-state index in [1.807, 2.05) is 46.8 Å². The van der Waals surface area contributed by atoms with E-state index in [2.05, 4.69) is 20.4 Å². The van der Waals surface area contributed by atoms with Crippen LogP contribution in [0.15, 0.2) is 42.9 Å². The number of carbonyl (C=O) groups excluding carboxylic acids is 1. The van der Waals surface area contributed by atoms with Crippen molar-refractivity contribution >= 4 is 22.8 Å². The molecule has 1 aliphatic heterocycles. The number of fused-ring (bicyclic) bond motifs is 1. The molecule has 0 bridgehead atoms. The summed E-state index contributed by atoms with van der Waals surface area (Å²) in [6.45, 7) is 3.40. The minimum atomic E-state index is 0.202. The molecule has 25 heavy (non-hydrogen) atoms. The van der Waals surface area contributed by atoms with Crippen molar-refractivity contribution in [2.24, 2.45) is 0 Å². The molecule has 2 aromatic heterocycles. The second kappa shape index (κ2) is 6.51. The second-order valence-electron chi connectivity index (χ2n) is 6.17. The molecular formula is C18H20N6O. The number of rotatable bonds is 4. The van der Waals surface area contributed by atoms with Gasteiger partial charge in [0.25, 0.3) is 0 Å². The molecule has 1 N–H and O–H groups in total. The molecule has 1 atom stereocenters. The highest BCUT2D eigenvalue weighted by Gasteiger charge is 2.26. The fraction of sp³-hybridized carbons (Fsp3) is 0.333. The van der Waals surface area contributed by atoms with Gasteiger partial charge in [0.2, 0.25) is 5.91 Å². The van der Waals surface area contributed by atoms with Gasteiger partial charge >= 0.3 is 0 Å². The van der Waals surface area contributed by atoms with E-state index in [-0.39, 0.29) is 11.9 Å². The average molecular weight is 336 g/mol. The van der Waals surface area contributed by atoms with Gasteiger partial charge in [-0.2, -0.15) is 5.10 Å². The zero-order chi connectivity index (χ0) is 17.2. The summed E-state index contributed by atoms with van der Waals surface area (Å²) in [7, 11) is 0. The minimum absolute atomic E-state index is 0.202. The third-order valence-electron chi connectivity index (χ3n) is 4.55. The van der Waals surface area contributed by atoms with Crippen LogP contribution in [0.4, 0.5) is 5.82 Å². The maximum Gasteiger partial charge on any atom is 0.222 e. The maximum atomic E-state index is 11.8. The standard InChI is InChI=1S/C18H20N6O/c1-2-16(25)23-9-8-13(11-23)22-17-15-10-21-24(18(15)20-12-19-17)14-6-4-3-5-7-14/h3-7,10,12-13H,2,8-9,11H2,1H3,(H,19,20,22). The molecule has 1 amide bonds. The van der Waals surface area contributed by atoms with E-state index in [4.69, 9.17) is 0 Å². The van der Waals surface area contributed by atoms with Gasteiger partial charge < -0.3 is 10.2 Å². The lowest BCUT2D eigenvalue weighted by atomic mass is 10.2. The van der Waals surface area contributed by atoms with Gasteiger partial charge in [0.15, 0.2) is 5.65 Å². The summed E-state index contributed by atoms with van der Waals surface area (Å²) < 4.78 is 1.81. The molecule has 128 valence electrons. The summed E-state index contributed by atoms with van der Waals surface area (Å²) in [4.78, 5) is 22.5. The second-order valence-corrected chi connectivity index (χ2v) is 6.17. The number of anilines is 1. The van der Waals surface area contributed by atoms with Crippen molar-refractivity contribution < 1.29 is 4.79 Å². The number of aromatic nitrogens is 4. The van der Waals surface area contributed by atoms with Crippen molar-refractivity contribution in [1.82, 2.24) is 24.6 Å². The van der Waals surface area contributed by atoms with Crippen molar-refractivity contribution in [2.45, 2.75) is 25.8 Å². The molecule has 7 nitrogen and oxygen atoms in total. The summed E-state index contributed by atoms with van der Waals surface area (Å²) in [5, 5.41) is 8.81. The predicted molar refractivity (Wildman–Crippen MR) is 95.6 cm³/mol. The molecule has 1 unspecified atom stereocenters. The number of nitrogens with one attached hydrogen (secondary N) is 1. The smallest absolute Gasteiger partial charge is 0.222 e. The zero-order valence-electron chi connectivity index (χ0n) is 14.1. The lowest BCUT2D eigenvalue weighted by Gasteiger charge is -2.16. The Morgan fingerprint density at radius 2 is 2.12 bits per heavy atom. The Morgan fingerprint density at radius 1 is 1.28 bits per heavy atom. The van der Waals surface area contributed by atoms with Gasteiger partial charge in [-0.1, -0.05) is 25.1 Å². The van der Waals surface area contributed by atoms with Gasteiger partial charge in [-0.3, -0.25) is 4.79 Å². The molecule has 1 saturated heterocycles. The first-order valence-electron chi connectivity index (χ1n) is 8.54. The molecule has 1 fully saturated rings. The summed E-state index contributed by atoms with van der Waals surface area (Å²) in [5.74, 6) is 0.969. The quantitative estimate of drug-likeness (QED) is 0.791. The monoisotopic (exact) mass is 336 g/mol. The van der Waals surface area contributed by atoms with Crippen LogP contribution >= 0.6 is 0 Å². The normalized spacial score (nSPS) is 17.2. The van der Waals surface area contributed by atoms with Crippen LogP contribution in [0, 0.1) is 0 Å². The largest absolute Gasteiger partial charge is 0.365 e. The Bertz CT molecular complexity index is 891. The minimum Gasteiger partial charge on any atom is -0.365 e. The van der Waals surface area contributed by atoms with E-state index >= 15 is 0 Å². The Hall–Kier alpha value is -2.96. The van der Waals surface area contributed by atoms with E-state index in [0.717, 1.165) is 35.5 Å². The highest BCUT2D eigenvalue weighted by atomic mass is 16.2. The first-order chi connectivity index (χ1) is 12.3. The van der Waals surface area contributed by atoms with E-state index in [9.17, 15) is 4.79 Å². The van der Waals surface area contributed by atoms with Crippen LogP contribution in [0.25, 0.3) is 16.7 Å². The number of benzene rings is 1. The van der Waals surface area contributed by atoms with Crippen molar-refractivity contribution in [3.63, 3.8) is 0 Å². The van der Waals surface area contributed by atoms with Gasteiger partial charge in [0.05, 0.1) is 17.3 Å². The van der Waals surface area contributed by atoms with Crippen LogP contribution in [-0.4, -0.2) is 49.7 Å². The van der Waals surface area contributed by atoms with Gasteiger partial charge in [-0.25, -0.2) is 14.6 Å². The van der Waals surface area contributed by atoms with Gasteiger partial charge in [-0.05, 0) is 18.6 Å². The summed E-state index contributed by atoms with van der Waals surface area (Å²) in [5.41, 5.74) is 1.73. The zero-order valence-corrected chi connectivity index (χ0v) is 14.1. The number of amides is 1. The molecule has 7 heteroatoms. The van der Waals surface area contributed by atoms with E-state index in [1.165, 1.54) is 0 Å². The van der Waals surface area contributed by atoms with E-state index in [0.29, 0.717) is 13.0 Å². The van der Waals surface area contributed by atoms with Crippen LogP contribution < -0.4 is 5.32 Å². The van der Waals surface area contributed by atoms with Crippen LogP contribution in [-0.2, 0) is 4.79 Å². The van der Waals surface area contributed by atoms with E-state index in [1.54, 1.807) is 12.5 Å². The molecule has 0 aliphatic carbocycles. The van der Waals surface area contributed by atoms with Crippen molar-refractivity contribution in [3.8, 4) is 5.69 Å². The third kappa shape index (κ3) is 2.93. The Morgan fingerprint density at radius 3 is 2.92 bits per heavy atom. The molecule has 1 aromatic carbocycles. The SMILES string of the molecule is CCC(=O)N1CCC(Nc2ncnc3c2cnn3-c2ccccc2)C1. The highest BCUT2D eigenvalue weighted by molar-refractivity contribution is 5.87. The first-order valence-corrected chi connectivity index (χ1v) is 8.54. The molecule has 0 spiro atoms. The average Bonchev–Trinajstić information content (AvgIpc) is 3.29. The molecule has 0 saturated carbocycles. The Kier molecular flexibility index (Phi) is 4.05. The number of hydrogen-bond donors (Lipinski definition) is 1. The third-order valence-corrected chi connectivity index (χ3v) is 4.55. The maximum absolute atomic E-state index is 11.8. The van der Waals surface area contributed by atoms with E-state index < -0.39 is 0 Å². The lowest BCUT2D eigenvalue weighted by Crippen LogP contribution is -2.31. The number of likely N-dealkylation sites (tertiary alicyclic amines) is 1. The number of hydrogen-bond acceptors (Lipinski definition) is 5. The molecule has 3 heterocycles. The predicted octanol–water partition coefficient (Wildman–Crippen LogP) is 2.24. The van der Waals surface area contributed by atoms with Crippen LogP contribution in [0.2, 0.25) is 0 Å². The fourth-order valence-corrected chi connectivity index (χ4v) is 3.24. The Balaban J connectivity index is 1.59. The van der Waals surface area contributed by atoms with Crippen molar-refractivity contribution in [2.75, 3.05) is 18.4 Å². The van der Waals surface area contributed by atoms with Crippen molar-refractivity contribution in [3.05, 3.63) is 42.9 Å². The first kappa shape index (κ1) is 15.6. The summed E-state index contributed by atoms with van der Waals surface area (Å²) >= 11 is 0. The highest BCUT2D eigenvalue weighted by Crippen LogP contribution is 2.23. The van der Waals surface area contributed by atoms with Crippen LogP contribution in [0.1, 0.15) is 19.8 Å². The summed E-state index contributed by atoms with van der Waals surface area (Å²) in [6, 6.07) is 10.1. The number of para-hydroxylation sites is 1. The summed E-state index contributed by atoms with van der Waals surface area (Å²) in [6.07, 6.45) is 4.81. The molecule has 1 aliphatic rings. The fourth-order valence-electron chi connectivity index (χ4n) is 3.24. The lowest BCUT2D eigenvalue weighted by molar-refractivity contribution is -0.129. The van der Waals surface area contributed by atoms with Crippen LogP contribution in [0.5, 0.6) is 0 Å². The molecule has 4 rings (SSSR count). The van der Waals surface area contributed by atoms with Gasteiger partial charge in [0, 0.05) is 25.6 Å². The topological polar surface area (TPSA) is 75.9 Å². The number of nitrogens with zero attached hydrogens (tertiary/aromatic N) is 5. The molecule has 0 radical (unpaired) electrons. The van der Waals surface area contributed by atoms with Gasteiger partial charge in [-0.15, -0.1) is 0 Å². The Labute approximate surface area is 145 Å².